The quantitative estimate of drug-likeness (QED) is 0.415. The Labute approximate surface area is 187 Å². The lowest BCUT2D eigenvalue weighted by Gasteiger charge is -2.35. The SMILES string of the molecule is CNCCN1CCC(c2ccc3[nH]c(-c4ccnc5[nH]ncc45)c(C(C)C)c3c2)C(F)C1. The molecule has 5 rings (SSSR count). The van der Waals surface area contributed by atoms with Crippen LogP contribution in [0.1, 0.15) is 43.2 Å². The van der Waals surface area contributed by atoms with E-state index in [0.29, 0.717) is 12.5 Å². The monoisotopic (exact) mass is 434 g/mol. The van der Waals surface area contributed by atoms with E-state index >= 15 is 4.39 Å². The average Bonchev–Trinajstić information content (AvgIpc) is 3.41. The number of pyridine rings is 1. The number of nitrogens with zero attached hydrogens (tertiary/aromatic N) is 3. The van der Waals surface area contributed by atoms with Gasteiger partial charge in [-0.15, -0.1) is 0 Å². The number of alkyl halides is 1. The number of hydrogen-bond donors (Lipinski definition) is 3. The van der Waals surface area contributed by atoms with Crippen LogP contribution in [0.5, 0.6) is 0 Å². The Balaban J connectivity index is 1.53. The number of likely N-dealkylation sites (N-methyl/N-ethyl adjacent to an activating group) is 1. The highest BCUT2D eigenvalue weighted by Gasteiger charge is 2.30. The van der Waals surface area contributed by atoms with Crippen molar-refractivity contribution in [1.82, 2.24) is 30.4 Å². The van der Waals surface area contributed by atoms with Gasteiger partial charge >= 0.3 is 0 Å². The molecule has 0 aliphatic carbocycles. The summed E-state index contributed by atoms with van der Waals surface area (Å²) in [6, 6.07) is 8.48. The molecule has 0 bridgehead atoms. The lowest BCUT2D eigenvalue weighted by molar-refractivity contribution is 0.119. The van der Waals surface area contributed by atoms with Gasteiger partial charge in [-0.25, -0.2) is 9.37 Å². The smallest absolute Gasteiger partial charge is 0.155 e. The molecular weight excluding hydrogens is 403 g/mol. The van der Waals surface area contributed by atoms with E-state index in [2.05, 4.69) is 62.4 Å². The zero-order valence-corrected chi connectivity index (χ0v) is 19.0. The number of halogens is 1. The van der Waals surface area contributed by atoms with Gasteiger partial charge in [0.2, 0.25) is 0 Å². The van der Waals surface area contributed by atoms with E-state index in [1.807, 2.05) is 25.5 Å². The predicted octanol–water partition coefficient (Wildman–Crippen LogP) is 4.58. The van der Waals surface area contributed by atoms with Gasteiger partial charge in [0.05, 0.1) is 11.9 Å². The highest BCUT2D eigenvalue weighted by Crippen LogP contribution is 2.40. The maximum Gasteiger partial charge on any atom is 0.155 e. The van der Waals surface area contributed by atoms with Gasteiger partial charge in [-0.3, -0.25) is 10.00 Å². The number of nitrogens with one attached hydrogen (secondary N) is 3. The molecule has 1 aliphatic rings. The van der Waals surface area contributed by atoms with Gasteiger partial charge in [-0.1, -0.05) is 19.9 Å². The fraction of sp³-hybridized carbons (Fsp3) is 0.440. The first-order valence-electron chi connectivity index (χ1n) is 11.5. The molecule has 3 aromatic heterocycles. The molecule has 168 valence electrons. The highest BCUT2D eigenvalue weighted by molar-refractivity contribution is 5.98. The summed E-state index contributed by atoms with van der Waals surface area (Å²) in [6.45, 7) is 7.67. The molecule has 0 amide bonds. The van der Waals surface area contributed by atoms with Crippen molar-refractivity contribution in [3.8, 4) is 11.3 Å². The van der Waals surface area contributed by atoms with Gasteiger partial charge < -0.3 is 10.3 Å². The summed E-state index contributed by atoms with van der Waals surface area (Å²) in [5, 5.41) is 12.5. The third-order valence-corrected chi connectivity index (χ3v) is 6.80. The molecule has 2 atom stereocenters. The second-order valence-corrected chi connectivity index (χ2v) is 9.18. The van der Waals surface area contributed by atoms with E-state index < -0.39 is 6.17 Å². The zero-order valence-electron chi connectivity index (χ0n) is 19.0. The second-order valence-electron chi connectivity index (χ2n) is 9.18. The molecule has 32 heavy (non-hydrogen) atoms. The maximum atomic E-state index is 15.2. The summed E-state index contributed by atoms with van der Waals surface area (Å²) in [4.78, 5) is 10.2. The first kappa shape index (κ1) is 21.1. The molecule has 2 unspecified atom stereocenters. The van der Waals surface area contributed by atoms with Crippen molar-refractivity contribution in [2.45, 2.75) is 38.3 Å². The summed E-state index contributed by atoms with van der Waals surface area (Å²) in [5.41, 5.74) is 6.42. The molecule has 0 spiro atoms. The van der Waals surface area contributed by atoms with Crippen LogP contribution in [0, 0.1) is 0 Å². The minimum Gasteiger partial charge on any atom is -0.354 e. The molecule has 4 heterocycles. The lowest BCUT2D eigenvalue weighted by atomic mass is 9.86. The van der Waals surface area contributed by atoms with Crippen molar-refractivity contribution >= 4 is 21.9 Å². The number of benzene rings is 1. The van der Waals surface area contributed by atoms with Crippen LogP contribution >= 0.6 is 0 Å². The van der Waals surface area contributed by atoms with Crippen LogP contribution < -0.4 is 5.32 Å². The van der Waals surface area contributed by atoms with Gasteiger partial charge in [0, 0.05) is 53.6 Å². The number of hydrogen-bond acceptors (Lipinski definition) is 4. The number of piperidine rings is 1. The average molecular weight is 435 g/mol. The molecule has 4 aromatic rings. The van der Waals surface area contributed by atoms with Crippen molar-refractivity contribution in [2.24, 2.45) is 0 Å². The zero-order chi connectivity index (χ0) is 22.2. The summed E-state index contributed by atoms with van der Waals surface area (Å²) in [6.07, 6.45) is 3.65. The number of fused-ring (bicyclic) bond motifs is 2. The lowest BCUT2D eigenvalue weighted by Crippen LogP contribution is -2.43. The Kier molecular flexibility index (Phi) is 5.69. The Hall–Kier alpha value is -2.77. The molecule has 1 aromatic carbocycles. The van der Waals surface area contributed by atoms with Crippen molar-refractivity contribution < 1.29 is 4.39 Å². The molecule has 7 heteroatoms. The summed E-state index contributed by atoms with van der Waals surface area (Å²) >= 11 is 0. The Morgan fingerprint density at radius 1 is 1.25 bits per heavy atom. The fourth-order valence-corrected chi connectivity index (χ4v) is 5.16. The van der Waals surface area contributed by atoms with Crippen LogP contribution in [-0.4, -0.2) is 64.5 Å². The molecule has 0 radical (unpaired) electrons. The Bertz CT molecular complexity index is 1230. The van der Waals surface area contributed by atoms with Crippen LogP contribution in [-0.2, 0) is 0 Å². The number of aromatic nitrogens is 4. The van der Waals surface area contributed by atoms with Gasteiger partial charge in [-0.05, 0) is 55.3 Å². The maximum absolute atomic E-state index is 15.2. The van der Waals surface area contributed by atoms with E-state index in [-0.39, 0.29) is 5.92 Å². The second kappa shape index (κ2) is 8.64. The van der Waals surface area contributed by atoms with E-state index in [0.717, 1.165) is 59.4 Å². The molecule has 3 N–H and O–H groups in total. The number of rotatable bonds is 6. The number of aromatic amines is 2. The van der Waals surface area contributed by atoms with E-state index in [1.165, 1.54) is 10.9 Å². The molecular formula is C25H31FN6. The normalized spacial score (nSPS) is 20.0. The van der Waals surface area contributed by atoms with Crippen molar-refractivity contribution in [1.29, 1.82) is 0 Å². The van der Waals surface area contributed by atoms with Gasteiger partial charge in [0.1, 0.15) is 6.17 Å². The first-order valence-corrected chi connectivity index (χ1v) is 11.5. The molecule has 6 nitrogen and oxygen atoms in total. The van der Waals surface area contributed by atoms with E-state index in [9.17, 15) is 0 Å². The van der Waals surface area contributed by atoms with Crippen molar-refractivity contribution in [3.05, 3.63) is 47.8 Å². The summed E-state index contributed by atoms with van der Waals surface area (Å²) in [5.74, 6) is 0.263. The first-order chi connectivity index (χ1) is 15.6. The van der Waals surface area contributed by atoms with Crippen LogP contribution in [0.15, 0.2) is 36.7 Å². The number of likely N-dealkylation sites (tertiary alicyclic amines) is 1. The predicted molar refractivity (Wildman–Crippen MR) is 128 cm³/mol. The molecule has 0 saturated carbocycles. The summed E-state index contributed by atoms with van der Waals surface area (Å²) < 4.78 is 15.2. The van der Waals surface area contributed by atoms with Crippen LogP contribution in [0.25, 0.3) is 33.2 Å². The Morgan fingerprint density at radius 2 is 2.12 bits per heavy atom. The van der Waals surface area contributed by atoms with Gasteiger partial charge in [-0.2, -0.15) is 5.10 Å². The highest BCUT2D eigenvalue weighted by atomic mass is 19.1. The largest absolute Gasteiger partial charge is 0.354 e. The van der Waals surface area contributed by atoms with E-state index in [1.54, 1.807) is 0 Å². The third-order valence-electron chi connectivity index (χ3n) is 6.80. The Morgan fingerprint density at radius 3 is 2.91 bits per heavy atom. The molecule has 1 saturated heterocycles. The van der Waals surface area contributed by atoms with Crippen LogP contribution in [0.3, 0.4) is 0 Å². The van der Waals surface area contributed by atoms with Crippen molar-refractivity contribution in [3.63, 3.8) is 0 Å². The topological polar surface area (TPSA) is 72.6 Å². The molecule has 1 fully saturated rings. The minimum atomic E-state index is -0.843. The fourth-order valence-electron chi connectivity index (χ4n) is 5.16. The molecule has 1 aliphatic heterocycles. The van der Waals surface area contributed by atoms with Crippen LogP contribution in [0.4, 0.5) is 4.39 Å². The van der Waals surface area contributed by atoms with Crippen LogP contribution in [0.2, 0.25) is 0 Å². The number of H-pyrrole nitrogens is 2. The van der Waals surface area contributed by atoms with Gasteiger partial charge in [0.25, 0.3) is 0 Å². The summed E-state index contributed by atoms with van der Waals surface area (Å²) in [7, 11) is 1.94. The van der Waals surface area contributed by atoms with Gasteiger partial charge in [0.15, 0.2) is 5.65 Å². The van der Waals surface area contributed by atoms with E-state index in [4.69, 9.17) is 0 Å². The van der Waals surface area contributed by atoms with Crippen molar-refractivity contribution in [2.75, 3.05) is 33.2 Å². The standard InChI is InChI=1S/C25H31FN6/c1-15(2)23-19-12-16(17-7-10-32(11-9-27-3)14-21(17)26)4-5-22(19)30-24(23)18-6-8-28-25-20(18)13-29-31-25/h4-6,8,12-13,15,17,21,27,30H,7,9-11,14H2,1-3H3,(H,28,29,31). The third kappa shape index (κ3) is 3.69. The minimum absolute atomic E-state index is 0.0508.